The molecule has 1 aromatic carbocycles. The normalized spacial score (nSPS) is 15.9. The number of anilines is 2. The van der Waals surface area contributed by atoms with E-state index in [-0.39, 0.29) is 12.1 Å². The van der Waals surface area contributed by atoms with Gasteiger partial charge in [0.05, 0.1) is 35.6 Å². The van der Waals surface area contributed by atoms with Crippen molar-refractivity contribution in [2.75, 3.05) is 25.0 Å². The minimum absolute atomic E-state index is 0.200. The summed E-state index contributed by atoms with van der Waals surface area (Å²) >= 11 is 6.52. The SMILES string of the molecule is Cn1cc(-c2cnc3[nH]cc(-c4nnc(Nc5ccc(C6CN(C=O)CCO6)cc5Cl)o4)c3c2)cn1. The van der Waals surface area contributed by atoms with E-state index in [9.17, 15) is 4.79 Å². The van der Waals surface area contributed by atoms with Crippen LogP contribution in [0.3, 0.4) is 0 Å². The molecule has 0 saturated carbocycles. The summed E-state index contributed by atoms with van der Waals surface area (Å²) in [7, 11) is 1.87. The summed E-state index contributed by atoms with van der Waals surface area (Å²) in [5, 5.41) is 17.0. The summed E-state index contributed by atoms with van der Waals surface area (Å²) in [6, 6.07) is 7.74. The molecule has 6 rings (SSSR count). The maximum atomic E-state index is 11.1. The van der Waals surface area contributed by atoms with Crippen LogP contribution in [-0.2, 0) is 16.6 Å². The van der Waals surface area contributed by atoms with Gasteiger partial charge in [0.1, 0.15) is 11.8 Å². The number of hydrogen-bond donors (Lipinski definition) is 2. The Bertz CT molecular complexity index is 1560. The largest absolute Gasteiger partial charge is 0.403 e. The first kappa shape index (κ1) is 22.3. The van der Waals surface area contributed by atoms with Crippen LogP contribution in [0.15, 0.2) is 53.5 Å². The Hall–Kier alpha value is -4.22. The maximum absolute atomic E-state index is 11.1. The van der Waals surface area contributed by atoms with Crippen molar-refractivity contribution < 1.29 is 13.9 Å². The van der Waals surface area contributed by atoms with Crippen molar-refractivity contribution in [1.29, 1.82) is 0 Å². The zero-order valence-corrected chi connectivity index (χ0v) is 19.9. The van der Waals surface area contributed by atoms with Crippen LogP contribution in [0.25, 0.3) is 33.6 Å². The molecule has 0 spiro atoms. The molecule has 1 atom stereocenters. The molecule has 182 valence electrons. The Morgan fingerprint density at radius 3 is 2.94 bits per heavy atom. The lowest BCUT2D eigenvalue weighted by atomic mass is 10.1. The first-order chi connectivity index (χ1) is 17.6. The van der Waals surface area contributed by atoms with Gasteiger partial charge in [0, 0.05) is 48.7 Å². The number of hydrogen-bond acceptors (Lipinski definition) is 8. The maximum Gasteiger partial charge on any atom is 0.320 e. The second kappa shape index (κ2) is 9.10. The Labute approximate surface area is 210 Å². The number of ether oxygens (including phenoxy) is 1. The van der Waals surface area contributed by atoms with Crippen LogP contribution in [0.4, 0.5) is 11.7 Å². The third-order valence-electron chi connectivity index (χ3n) is 6.08. The smallest absolute Gasteiger partial charge is 0.320 e. The standard InChI is InChI=1S/C24H21ClN8O3/c1-32-11-16(9-28-32)15-6-17-18(10-27-22(17)26-8-15)23-30-31-24(36-23)29-20-3-2-14(7-19(20)25)21-12-33(13-34)4-5-35-21/h2-3,6-11,13,21H,4-5,12H2,1H3,(H,26,27)(H,29,31). The van der Waals surface area contributed by atoms with Gasteiger partial charge in [0.15, 0.2) is 0 Å². The highest BCUT2D eigenvalue weighted by Crippen LogP contribution is 2.33. The fourth-order valence-corrected chi connectivity index (χ4v) is 4.44. The first-order valence-electron chi connectivity index (χ1n) is 11.2. The number of nitrogens with one attached hydrogen (secondary N) is 2. The van der Waals surface area contributed by atoms with E-state index in [0.717, 1.165) is 34.1 Å². The minimum atomic E-state index is -0.224. The number of aromatic amines is 1. The van der Waals surface area contributed by atoms with Crippen molar-refractivity contribution in [1.82, 2.24) is 34.8 Å². The Morgan fingerprint density at radius 1 is 1.22 bits per heavy atom. The number of morpholine rings is 1. The number of halogens is 1. The van der Waals surface area contributed by atoms with Gasteiger partial charge in [-0.25, -0.2) is 4.98 Å². The molecular weight excluding hydrogens is 484 g/mol. The van der Waals surface area contributed by atoms with Crippen LogP contribution < -0.4 is 5.32 Å². The zero-order valence-electron chi connectivity index (χ0n) is 19.2. The number of carbonyl (C=O) groups excluding carboxylic acids is 1. The molecule has 1 aliphatic rings. The van der Waals surface area contributed by atoms with E-state index in [2.05, 4.69) is 30.6 Å². The quantitative estimate of drug-likeness (QED) is 0.333. The molecule has 11 nitrogen and oxygen atoms in total. The van der Waals surface area contributed by atoms with E-state index in [1.54, 1.807) is 28.2 Å². The monoisotopic (exact) mass is 504 g/mol. The summed E-state index contributed by atoms with van der Waals surface area (Å²) in [5.41, 5.74) is 4.83. The summed E-state index contributed by atoms with van der Waals surface area (Å²) < 4.78 is 13.4. The van der Waals surface area contributed by atoms with Crippen LogP contribution in [0.1, 0.15) is 11.7 Å². The molecule has 36 heavy (non-hydrogen) atoms. The van der Waals surface area contributed by atoms with Crippen LogP contribution >= 0.6 is 11.6 Å². The van der Waals surface area contributed by atoms with E-state index < -0.39 is 0 Å². The number of amides is 1. The van der Waals surface area contributed by atoms with Crippen molar-refractivity contribution >= 4 is 40.7 Å². The molecule has 1 saturated heterocycles. The highest BCUT2D eigenvalue weighted by Gasteiger charge is 2.22. The molecule has 4 aromatic heterocycles. The van der Waals surface area contributed by atoms with E-state index in [0.29, 0.717) is 41.9 Å². The number of H-pyrrole nitrogens is 1. The van der Waals surface area contributed by atoms with Crippen LogP contribution in [0, 0.1) is 0 Å². The number of pyridine rings is 1. The summed E-state index contributed by atoms with van der Waals surface area (Å²) in [5.74, 6) is 0.339. The van der Waals surface area contributed by atoms with E-state index >= 15 is 0 Å². The second-order valence-corrected chi connectivity index (χ2v) is 8.87. The Morgan fingerprint density at radius 2 is 2.14 bits per heavy atom. The summed E-state index contributed by atoms with van der Waals surface area (Å²) in [6.45, 7) is 1.56. The second-order valence-electron chi connectivity index (χ2n) is 8.46. The summed E-state index contributed by atoms with van der Waals surface area (Å²) in [6.07, 6.45) is 7.91. The molecule has 2 N–H and O–H groups in total. The number of rotatable bonds is 6. The Balaban J connectivity index is 1.23. The molecule has 1 unspecified atom stereocenters. The third kappa shape index (κ3) is 4.18. The lowest BCUT2D eigenvalue weighted by Crippen LogP contribution is -2.37. The van der Waals surface area contributed by atoms with Gasteiger partial charge >= 0.3 is 6.01 Å². The molecule has 5 heterocycles. The highest BCUT2D eigenvalue weighted by molar-refractivity contribution is 6.33. The van der Waals surface area contributed by atoms with Crippen molar-refractivity contribution in [2.45, 2.75) is 6.10 Å². The van der Waals surface area contributed by atoms with Gasteiger partial charge in [-0.1, -0.05) is 22.8 Å². The molecule has 12 heteroatoms. The van der Waals surface area contributed by atoms with Gasteiger partial charge in [-0.3, -0.25) is 9.48 Å². The molecule has 0 bridgehead atoms. The van der Waals surface area contributed by atoms with Crippen LogP contribution in [0.5, 0.6) is 0 Å². The summed E-state index contributed by atoms with van der Waals surface area (Å²) in [4.78, 5) is 20.4. The minimum Gasteiger partial charge on any atom is -0.403 e. The number of carbonyl (C=O) groups is 1. The van der Waals surface area contributed by atoms with E-state index in [1.165, 1.54) is 0 Å². The van der Waals surface area contributed by atoms with Crippen molar-refractivity contribution in [2.24, 2.45) is 7.05 Å². The van der Waals surface area contributed by atoms with Crippen LogP contribution in [-0.4, -0.2) is 61.0 Å². The lowest BCUT2D eigenvalue weighted by Gasteiger charge is -2.30. The number of nitrogens with zero attached hydrogens (tertiary/aromatic N) is 6. The predicted molar refractivity (Wildman–Crippen MR) is 133 cm³/mol. The van der Waals surface area contributed by atoms with E-state index in [1.807, 2.05) is 37.5 Å². The van der Waals surface area contributed by atoms with E-state index in [4.69, 9.17) is 20.8 Å². The predicted octanol–water partition coefficient (Wildman–Crippen LogP) is 3.94. The van der Waals surface area contributed by atoms with Gasteiger partial charge in [-0.15, -0.1) is 5.10 Å². The fraction of sp³-hybridized carbons (Fsp3) is 0.208. The lowest BCUT2D eigenvalue weighted by molar-refractivity contribution is -0.125. The number of aromatic nitrogens is 6. The Kier molecular flexibility index (Phi) is 5.62. The van der Waals surface area contributed by atoms with Crippen molar-refractivity contribution in [3.63, 3.8) is 0 Å². The number of fused-ring (bicyclic) bond motifs is 1. The number of benzene rings is 1. The van der Waals surface area contributed by atoms with Crippen molar-refractivity contribution in [3.8, 4) is 22.6 Å². The molecule has 1 fully saturated rings. The average Bonchev–Trinajstić information content (AvgIpc) is 3.64. The molecule has 5 aromatic rings. The number of aryl methyl sites for hydroxylation is 1. The van der Waals surface area contributed by atoms with Gasteiger partial charge < -0.3 is 24.4 Å². The van der Waals surface area contributed by atoms with Gasteiger partial charge in [0.25, 0.3) is 5.89 Å². The zero-order chi connectivity index (χ0) is 24.6. The highest BCUT2D eigenvalue weighted by atomic mass is 35.5. The van der Waals surface area contributed by atoms with Crippen molar-refractivity contribution in [3.05, 3.63) is 59.6 Å². The van der Waals surface area contributed by atoms with Crippen LogP contribution in [0.2, 0.25) is 5.02 Å². The van der Waals surface area contributed by atoms with Gasteiger partial charge in [0.2, 0.25) is 6.41 Å². The molecule has 0 radical (unpaired) electrons. The third-order valence-corrected chi connectivity index (χ3v) is 6.39. The van der Waals surface area contributed by atoms with Gasteiger partial charge in [-0.2, -0.15) is 5.10 Å². The average molecular weight is 505 g/mol. The first-order valence-corrected chi connectivity index (χ1v) is 11.6. The fourth-order valence-electron chi connectivity index (χ4n) is 4.21. The molecule has 1 amide bonds. The topological polar surface area (TPSA) is 127 Å². The van der Waals surface area contributed by atoms with Gasteiger partial charge in [-0.05, 0) is 23.8 Å². The molecular formula is C24H21ClN8O3. The molecule has 0 aliphatic carbocycles. The molecule has 1 aliphatic heterocycles.